The van der Waals surface area contributed by atoms with E-state index in [1.165, 1.54) is 19.3 Å². The molecule has 0 aromatic heterocycles. The van der Waals surface area contributed by atoms with Gasteiger partial charge in [0, 0.05) is 23.7 Å². The van der Waals surface area contributed by atoms with Gasteiger partial charge in [-0.2, -0.15) is 0 Å². The first-order valence-corrected chi connectivity index (χ1v) is 10.7. The molecule has 1 aromatic carbocycles. The molecule has 28 heavy (non-hydrogen) atoms. The summed E-state index contributed by atoms with van der Waals surface area (Å²) in [7, 11) is 0. The molecule has 1 aromatic rings. The van der Waals surface area contributed by atoms with E-state index in [0.717, 1.165) is 36.9 Å². The summed E-state index contributed by atoms with van der Waals surface area (Å²) < 4.78 is 0. The molecule has 152 valence electrons. The van der Waals surface area contributed by atoms with E-state index in [0.29, 0.717) is 17.9 Å². The van der Waals surface area contributed by atoms with Crippen LogP contribution in [0.5, 0.6) is 0 Å². The van der Waals surface area contributed by atoms with Gasteiger partial charge in [0.05, 0.1) is 6.04 Å². The Labute approximate surface area is 167 Å². The van der Waals surface area contributed by atoms with Crippen LogP contribution in [-0.4, -0.2) is 24.0 Å². The van der Waals surface area contributed by atoms with Crippen LogP contribution in [0.2, 0.25) is 0 Å². The summed E-state index contributed by atoms with van der Waals surface area (Å²) in [6.07, 6.45) is 7.58. The average molecular weight is 385 g/mol. The van der Waals surface area contributed by atoms with Gasteiger partial charge in [-0.15, -0.1) is 0 Å². The van der Waals surface area contributed by atoms with Crippen molar-refractivity contribution in [2.75, 3.05) is 5.32 Å². The van der Waals surface area contributed by atoms with Crippen LogP contribution < -0.4 is 21.7 Å². The topological polar surface area (TPSA) is 96.2 Å². The minimum absolute atomic E-state index is 0.0581. The number of carbonyl (C=O) groups is 2. The van der Waals surface area contributed by atoms with E-state index in [1.807, 2.05) is 31.2 Å². The Morgan fingerprint density at radius 1 is 1.04 bits per heavy atom. The molecule has 3 atom stereocenters. The van der Waals surface area contributed by atoms with Crippen LogP contribution in [0.4, 0.5) is 10.5 Å². The highest BCUT2D eigenvalue weighted by molar-refractivity contribution is 5.89. The highest BCUT2D eigenvalue weighted by atomic mass is 16.2. The van der Waals surface area contributed by atoms with Crippen molar-refractivity contribution < 1.29 is 9.59 Å². The van der Waals surface area contributed by atoms with Crippen molar-refractivity contribution in [1.82, 2.24) is 10.6 Å². The zero-order valence-electron chi connectivity index (χ0n) is 16.6. The van der Waals surface area contributed by atoms with Crippen molar-refractivity contribution in [3.05, 3.63) is 29.8 Å². The van der Waals surface area contributed by atoms with Gasteiger partial charge in [-0.1, -0.05) is 18.6 Å². The Bertz CT molecular complexity index is 702. The number of benzene rings is 1. The lowest BCUT2D eigenvalue weighted by Crippen LogP contribution is -2.49. The third-order valence-corrected chi connectivity index (χ3v) is 6.72. The first-order valence-electron chi connectivity index (χ1n) is 10.7. The fourth-order valence-electron chi connectivity index (χ4n) is 4.85. The predicted molar refractivity (Wildman–Crippen MR) is 110 cm³/mol. The number of amides is 3. The van der Waals surface area contributed by atoms with E-state index in [9.17, 15) is 9.59 Å². The predicted octanol–water partition coefficient (Wildman–Crippen LogP) is 3.30. The molecule has 0 spiro atoms. The Morgan fingerprint density at radius 2 is 1.68 bits per heavy atom. The molecule has 3 aliphatic carbocycles. The maximum atomic E-state index is 12.8. The molecule has 0 saturated heterocycles. The van der Waals surface area contributed by atoms with Gasteiger partial charge >= 0.3 is 6.03 Å². The number of urea groups is 1. The van der Waals surface area contributed by atoms with Crippen LogP contribution in [0.15, 0.2) is 24.3 Å². The number of hydrogen-bond donors (Lipinski definition) is 4. The van der Waals surface area contributed by atoms with E-state index in [-0.39, 0.29) is 29.9 Å². The second-order valence-electron chi connectivity index (χ2n) is 8.92. The lowest BCUT2D eigenvalue weighted by molar-refractivity contribution is -0.128. The van der Waals surface area contributed by atoms with Crippen LogP contribution in [0, 0.1) is 17.8 Å². The average Bonchev–Trinajstić information content (AvgIpc) is 3.45. The quantitative estimate of drug-likeness (QED) is 0.627. The molecule has 3 aliphatic rings. The highest BCUT2D eigenvalue weighted by Crippen LogP contribution is 2.42. The monoisotopic (exact) mass is 384 g/mol. The Hall–Kier alpha value is -2.08. The Balaban J connectivity index is 1.29. The summed E-state index contributed by atoms with van der Waals surface area (Å²) in [5, 5.41) is 8.94. The van der Waals surface area contributed by atoms with Crippen molar-refractivity contribution in [1.29, 1.82) is 0 Å². The summed E-state index contributed by atoms with van der Waals surface area (Å²) in [5.41, 5.74) is 8.15. The first-order chi connectivity index (χ1) is 13.5. The lowest BCUT2D eigenvalue weighted by atomic mass is 9.65. The van der Waals surface area contributed by atoms with Gasteiger partial charge in [0.2, 0.25) is 5.91 Å². The smallest absolute Gasteiger partial charge is 0.319 e. The molecule has 6 nitrogen and oxygen atoms in total. The zero-order chi connectivity index (χ0) is 19.7. The standard InChI is InChI=1S/C22H32N4O2/c1-13(14-5-7-18(8-6-14)25-22(28)26-19-9-10-19)24-21(27)17-11-15-3-2-4-16(12-17)20(15)23/h5-8,13,15-17,19-20H,2-4,9-12,23H2,1H3,(H,24,27)(H2,25,26,28). The normalized spacial score (nSPS) is 30.2. The molecule has 6 heteroatoms. The molecule has 3 saturated carbocycles. The second-order valence-corrected chi connectivity index (χ2v) is 8.92. The SMILES string of the molecule is CC(NC(=O)C1CC2CCCC(C1)C2N)c1ccc(NC(=O)NC2CC2)cc1. The molecule has 3 fully saturated rings. The van der Waals surface area contributed by atoms with Crippen molar-refractivity contribution in [2.45, 2.75) is 70.0 Å². The maximum absolute atomic E-state index is 12.8. The molecular weight excluding hydrogens is 352 g/mol. The third kappa shape index (κ3) is 4.49. The number of rotatable bonds is 5. The number of hydrogen-bond acceptors (Lipinski definition) is 3. The fraction of sp³-hybridized carbons (Fsp3) is 0.636. The third-order valence-electron chi connectivity index (χ3n) is 6.72. The van der Waals surface area contributed by atoms with E-state index in [1.54, 1.807) is 0 Å². The number of fused-ring (bicyclic) bond motifs is 2. The van der Waals surface area contributed by atoms with Crippen LogP contribution in [0.3, 0.4) is 0 Å². The highest BCUT2D eigenvalue weighted by Gasteiger charge is 2.40. The van der Waals surface area contributed by atoms with E-state index in [2.05, 4.69) is 16.0 Å². The second kappa shape index (κ2) is 8.11. The maximum Gasteiger partial charge on any atom is 0.319 e. The molecule has 0 heterocycles. The summed E-state index contributed by atoms with van der Waals surface area (Å²) in [6.45, 7) is 2.01. The summed E-state index contributed by atoms with van der Waals surface area (Å²) >= 11 is 0. The van der Waals surface area contributed by atoms with Gasteiger partial charge in [-0.3, -0.25) is 4.79 Å². The number of nitrogens with two attached hydrogens (primary N) is 1. The van der Waals surface area contributed by atoms with Crippen LogP contribution in [-0.2, 0) is 4.79 Å². The van der Waals surface area contributed by atoms with E-state index < -0.39 is 0 Å². The summed E-state index contributed by atoms with van der Waals surface area (Å²) in [5.74, 6) is 1.25. The van der Waals surface area contributed by atoms with Crippen molar-refractivity contribution in [2.24, 2.45) is 23.5 Å². The van der Waals surface area contributed by atoms with Crippen molar-refractivity contribution in [3.8, 4) is 0 Å². The minimum Gasteiger partial charge on any atom is -0.349 e. The summed E-state index contributed by atoms with van der Waals surface area (Å²) in [6, 6.07) is 8.10. The van der Waals surface area contributed by atoms with Crippen molar-refractivity contribution >= 4 is 17.6 Å². The van der Waals surface area contributed by atoms with Gasteiger partial charge in [0.25, 0.3) is 0 Å². The van der Waals surface area contributed by atoms with E-state index in [4.69, 9.17) is 5.73 Å². The van der Waals surface area contributed by atoms with Gasteiger partial charge in [-0.25, -0.2) is 4.79 Å². The van der Waals surface area contributed by atoms with Gasteiger partial charge in [0.1, 0.15) is 0 Å². The molecule has 0 aliphatic heterocycles. The van der Waals surface area contributed by atoms with Crippen molar-refractivity contribution in [3.63, 3.8) is 0 Å². The lowest BCUT2D eigenvalue weighted by Gasteiger charge is -2.43. The van der Waals surface area contributed by atoms with Crippen LogP contribution in [0.25, 0.3) is 0 Å². The zero-order valence-corrected chi connectivity index (χ0v) is 16.6. The number of anilines is 1. The number of nitrogens with one attached hydrogen (secondary N) is 3. The minimum atomic E-state index is -0.155. The Kier molecular flexibility index (Phi) is 5.58. The Morgan fingerprint density at radius 3 is 2.29 bits per heavy atom. The molecule has 3 unspecified atom stereocenters. The first kappa shape index (κ1) is 19.2. The number of carbonyl (C=O) groups excluding carboxylic acids is 2. The van der Waals surface area contributed by atoms with Gasteiger partial charge in [-0.05, 0) is 75.0 Å². The molecular formula is C22H32N4O2. The van der Waals surface area contributed by atoms with Gasteiger partial charge in [0.15, 0.2) is 0 Å². The molecule has 2 bridgehead atoms. The molecule has 0 radical (unpaired) electrons. The summed E-state index contributed by atoms with van der Waals surface area (Å²) in [4.78, 5) is 24.6. The fourth-order valence-corrected chi connectivity index (χ4v) is 4.85. The van der Waals surface area contributed by atoms with Crippen LogP contribution >= 0.6 is 0 Å². The molecule has 4 rings (SSSR count). The van der Waals surface area contributed by atoms with Crippen LogP contribution in [0.1, 0.15) is 63.5 Å². The molecule has 5 N–H and O–H groups in total. The molecule has 3 amide bonds. The van der Waals surface area contributed by atoms with Gasteiger partial charge < -0.3 is 21.7 Å². The largest absolute Gasteiger partial charge is 0.349 e. The van der Waals surface area contributed by atoms with E-state index >= 15 is 0 Å².